The molecule has 1 fully saturated rings. The first-order valence-corrected chi connectivity index (χ1v) is 8.08. The Morgan fingerprint density at radius 1 is 1.37 bits per heavy atom. The Hall–Kier alpha value is -1.13. The zero-order valence-corrected chi connectivity index (χ0v) is 12.4. The highest BCUT2D eigenvalue weighted by Crippen LogP contribution is 2.31. The Labute approximate surface area is 116 Å². The third kappa shape index (κ3) is 3.45. The van der Waals surface area contributed by atoms with Crippen LogP contribution in [-0.2, 0) is 10.0 Å². The van der Waals surface area contributed by atoms with Crippen molar-refractivity contribution in [1.82, 2.24) is 4.31 Å². The van der Waals surface area contributed by atoms with E-state index in [-0.39, 0.29) is 6.04 Å². The Bertz CT molecular complexity index is 560. The molecule has 19 heavy (non-hydrogen) atoms. The topological polar surface area (TPSA) is 37.1 Å². The van der Waals surface area contributed by atoms with Gasteiger partial charge in [-0.25, -0.2) is 8.42 Å². The van der Waals surface area contributed by atoms with Crippen molar-refractivity contribution in [3.8, 4) is 0 Å². The van der Waals surface area contributed by atoms with Gasteiger partial charge in [0.2, 0.25) is 10.0 Å². The lowest BCUT2D eigenvalue weighted by Gasteiger charge is -2.06. The van der Waals surface area contributed by atoms with Crippen LogP contribution in [0.4, 0.5) is 0 Å². The third-order valence-corrected chi connectivity index (χ3v) is 5.37. The molecule has 0 aliphatic carbocycles. The van der Waals surface area contributed by atoms with Crippen molar-refractivity contribution in [3.05, 3.63) is 42.0 Å². The lowest BCUT2D eigenvalue weighted by Crippen LogP contribution is -2.14. The molecule has 1 saturated heterocycles. The number of benzene rings is 1. The van der Waals surface area contributed by atoms with Gasteiger partial charge in [0.15, 0.2) is 0 Å². The highest BCUT2D eigenvalue weighted by Gasteiger charge is 2.43. The Morgan fingerprint density at radius 2 is 2.00 bits per heavy atom. The molecule has 104 valence electrons. The van der Waals surface area contributed by atoms with E-state index < -0.39 is 10.0 Å². The molecule has 0 saturated carbocycles. The molecular weight excluding hydrogens is 258 g/mol. The van der Waals surface area contributed by atoms with Gasteiger partial charge in [-0.2, -0.15) is 4.31 Å². The molecular formula is C15H21NO2S. The summed E-state index contributed by atoms with van der Waals surface area (Å²) in [6.45, 7) is 8.48. The fourth-order valence-electron chi connectivity index (χ4n) is 2.18. The summed E-state index contributed by atoms with van der Waals surface area (Å²) < 4.78 is 26.2. The van der Waals surface area contributed by atoms with Crippen LogP contribution in [0.3, 0.4) is 0 Å². The number of hydrogen-bond donors (Lipinski definition) is 0. The van der Waals surface area contributed by atoms with Gasteiger partial charge in [-0.1, -0.05) is 23.3 Å². The molecule has 3 nitrogen and oxygen atoms in total. The van der Waals surface area contributed by atoms with Crippen molar-refractivity contribution in [1.29, 1.82) is 0 Å². The van der Waals surface area contributed by atoms with Crippen LogP contribution in [0.5, 0.6) is 0 Å². The number of aryl methyl sites for hydroxylation is 1. The normalized spacial score (nSPS) is 22.2. The summed E-state index contributed by atoms with van der Waals surface area (Å²) in [5, 5.41) is 0. The fraction of sp³-hybridized carbons (Fsp3) is 0.467. The molecule has 1 aromatic carbocycles. The summed E-state index contributed by atoms with van der Waals surface area (Å²) >= 11 is 0. The summed E-state index contributed by atoms with van der Waals surface area (Å²) in [5.41, 5.74) is 2.23. The molecule has 0 aromatic heterocycles. The number of allylic oxidation sites excluding steroid dienone is 1. The number of hydrogen-bond acceptors (Lipinski definition) is 2. The molecule has 0 spiro atoms. The van der Waals surface area contributed by atoms with Gasteiger partial charge in [0.1, 0.15) is 0 Å². The number of rotatable bonds is 6. The summed E-state index contributed by atoms with van der Waals surface area (Å²) in [5.74, 6) is 0. The van der Waals surface area contributed by atoms with Crippen LogP contribution in [0.15, 0.2) is 41.3 Å². The van der Waals surface area contributed by atoms with Crippen molar-refractivity contribution in [2.75, 3.05) is 6.54 Å². The molecule has 0 amide bonds. The number of nitrogens with zero attached hydrogens (tertiary/aromatic N) is 1. The van der Waals surface area contributed by atoms with E-state index in [1.54, 1.807) is 16.4 Å². The van der Waals surface area contributed by atoms with Crippen LogP contribution >= 0.6 is 0 Å². The first-order chi connectivity index (χ1) is 8.91. The molecule has 2 unspecified atom stereocenters. The first-order valence-electron chi connectivity index (χ1n) is 6.64. The van der Waals surface area contributed by atoms with E-state index in [2.05, 4.69) is 6.58 Å². The minimum Gasteiger partial charge on any atom is -0.207 e. The summed E-state index contributed by atoms with van der Waals surface area (Å²) in [7, 11) is -3.27. The lowest BCUT2D eigenvalue weighted by atomic mass is 10.1. The molecule has 1 aliphatic rings. The zero-order chi connectivity index (χ0) is 14.0. The van der Waals surface area contributed by atoms with E-state index in [0.717, 1.165) is 30.4 Å². The van der Waals surface area contributed by atoms with E-state index in [1.807, 2.05) is 26.0 Å². The average molecular weight is 279 g/mol. The Kier molecular flexibility index (Phi) is 4.11. The maximum atomic E-state index is 12.3. The average Bonchev–Trinajstić information content (AvgIpc) is 3.09. The van der Waals surface area contributed by atoms with E-state index >= 15 is 0 Å². The van der Waals surface area contributed by atoms with Crippen LogP contribution < -0.4 is 0 Å². The maximum Gasteiger partial charge on any atom is 0.243 e. The van der Waals surface area contributed by atoms with Crippen LogP contribution in [0.1, 0.15) is 31.7 Å². The smallest absolute Gasteiger partial charge is 0.207 e. The lowest BCUT2D eigenvalue weighted by molar-refractivity contribution is 0.543. The van der Waals surface area contributed by atoms with Crippen LogP contribution in [0, 0.1) is 6.92 Å². The van der Waals surface area contributed by atoms with Gasteiger partial charge in [-0.15, -0.1) is 6.58 Å². The van der Waals surface area contributed by atoms with Crippen LogP contribution in [0.2, 0.25) is 0 Å². The standard InChI is InChI=1S/C15H21NO2S/c1-12(2)5-4-6-14-11-16(14)19(17,18)15-9-7-13(3)8-10-15/h7-10,14H,1,4-6,11H2,2-3H3. The minimum atomic E-state index is -3.27. The van der Waals surface area contributed by atoms with Crippen LogP contribution in [0.25, 0.3) is 0 Å². The fourth-order valence-corrected chi connectivity index (χ4v) is 3.79. The second-order valence-corrected chi connectivity index (χ2v) is 7.28. The SMILES string of the molecule is C=C(C)CCCC1CN1S(=O)(=O)c1ccc(C)cc1. The van der Waals surface area contributed by atoms with Gasteiger partial charge in [0.25, 0.3) is 0 Å². The number of sulfonamides is 1. The maximum absolute atomic E-state index is 12.3. The summed E-state index contributed by atoms with van der Waals surface area (Å²) in [6.07, 6.45) is 2.92. The molecule has 2 atom stereocenters. The molecule has 4 heteroatoms. The van der Waals surface area contributed by atoms with Gasteiger partial charge in [0, 0.05) is 12.6 Å². The largest absolute Gasteiger partial charge is 0.243 e. The second kappa shape index (κ2) is 5.47. The highest BCUT2D eigenvalue weighted by molar-refractivity contribution is 7.89. The zero-order valence-electron chi connectivity index (χ0n) is 11.6. The Morgan fingerprint density at radius 3 is 2.58 bits per heavy atom. The van der Waals surface area contributed by atoms with Gasteiger partial charge in [-0.05, 0) is 45.2 Å². The third-order valence-electron chi connectivity index (χ3n) is 3.43. The van der Waals surface area contributed by atoms with Crippen molar-refractivity contribution in [2.45, 2.75) is 44.0 Å². The van der Waals surface area contributed by atoms with E-state index in [9.17, 15) is 8.42 Å². The van der Waals surface area contributed by atoms with E-state index in [0.29, 0.717) is 11.4 Å². The van der Waals surface area contributed by atoms with Crippen molar-refractivity contribution in [2.24, 2.45) is 0 Å². The summed E-state index contributed by atoms with van der Waals surface area (Å²) in [6, 6.07) is 7.24. The van der Waals surface area contributed by atoms with Crippen molar-refractivity contribution < 1.29 is 8.42 Å². The van der Waals surface area contributed by atoms with Gasteiger partial charge >= 0.3 is 0 Å². The monoisotopic (exact) mass is 279 g/mol. The predicted molar refractivity (Wildman–Crippen MR) is 77.5 cm³/mol. The first kappa shape index (κ1) is 14.3. The summed E-state index contributed by atoms with van der Waals surface area (Å²) in [4.78, 5) is 0.403. The molecule has 2 rings (SSSR count). The second-order valence-electron chi connectivity index (χ2n) is 5.39. The van der Waals surface area contributed by atoms with Gasteiger partial charge < -0.3 is 0 Å². The van der Waals surface area contributed by atoms with Crippen molar-refractivity contribution >= 4 is 10.0 Å². The molecule has 0 radical (unpaired) electrons. The molecule has 1 heterocycles. The van der Waals surface area contributed by atoms with E-state index in [1.165, 1.54) is 0 Å². The Balaban J connectivity index is 1.96. The molecule has 0 N–H and O–H groups in total. The predicted octanol–water partition coefficient (Wildman–Crippen LogP) is 3.11. The molecule has 1 aliphatic heterocycles. The van der Waals surface area contributed by atoms with E-state index in [4.69, 9.17) is 0 Å². The highest BCUT2D eigenvalue weighted by atomic mass is 32.2. The molecule has 0 bridgehead atoms. The quantitative estimate of drug-likeness (QED) is 0.592. The van der Waals surface area contributed by atoms with Crippen LogP contribution in [-0.4, -0.2) is 25.3 Å². The van der Waals surface area contributed by atoms with Gasteiger partial charge in [0.05, 0.1) is 4.90 Å². The minimum absolute atomic E-state index is 0.186. The van der Waals surface area contributed by atoms with Crippen molar-refractivity contribution in [3.63, 3.8) is 0 Å². The molecule has 1 aromatic rings. The van der Waals surface area contributed by atoms with Gasteiger partial charge in [-0.3, -0.25) is 0 Å².